The van der Waals surface area contributed by atoms with Crippen molar-refractivity contribution < 1.29 is 9.84 Å². The molecule has 0 bridgehead atoms. The van der Waals surface area contributed by atoms with Crippen LogP contribution in [0.1, 0.15) is 20.8 Å². The second kappa shape index (κ2) is 6.24. The highest BCUT2D eigenvalue weighted by Crippen LogP contribution is 2.24. The molecule has 0 aliphatic carbocycles. The van der Waals surface area contributed by atoms with Crippen LogP contribution in [0, 0.1) is 5.92 Å². The Bertz CT molecular complexity index is 357. The molecule has 6 nitrogen and oxygen atoms in total. The van der Waals surface area contributed by atoms with Crippen molar-refractivity contribution in [2.75, 3.05) is 24.2 Å². The van der Waals surface area contributed by atoms with Crippen LogP contribution in [-0.4, -0.2) is 34.3 Å². The fourth-order valence-electron chi connectivity index (χ4n) is 1.21. The van der Waals surface area contributed by atoms with Gasteiger partial charge >= 0.3 is 0 Å². The van der Waals surface area contributed by atoms with Crippen molar-refractivity contribution in [1.29, 1.82) is 0 Å². The number of aliphatic hydroxyl groups excluding tert-OH is 1. The van der Waals surface area contributed by atoms with E-state index in [1.165, 1.54) is 6.33 Å². The van der Waals surface area contributed by atoms with Gasteiger partial charge in [0.2, 0.25) is 5.88 Å². The Morgan fingerprint density at radius 1 is 1.47 bits per heavy atom. The van der Waals surface area contributed by atoms with E-state index in [0.29, 0.717) is 30.5 Å². The van der Waals surface area contributed by atoms with Gasteiger partial charge < -0.3 is 20.9 Å². The summed E-state index contributed by atoms with van der Waals surface area (Å²) in [5.41, 5.74) is 6.20. The highest BCUT2D eigenvalue weighted by molar-refractivity contribution is 5.66. The summed E-state index contributed by atoms with van der Waals surface area (Å²) < 4.78 is 5.25. The van der Waals surface area contributed by atoms with Crippen molar-refractivity contribution in [2.24, 2.45) is 5.92 Å². The first kappa shape index (κ1) is 13.5. The minimum absolute atomic E-state index is 0.178. The Kier molecular flexibility index (Phi) is 4.96. The third-order valence-electron chi connectivity index (χ3n) is 2.38. The molecule has 0 saturated carbocycles. The van der Waals surface area contributed by atoms with Gasteiger partial charge in [-0.3, -0.25) is 0 Å². The van der Waals surface area contributed by atoms with Crippen molar-refractivity contribution >= 4 is 11.5 Å². The van der Waals surface area contributed by atoms with E-state index in [-0.39, 0.29) is 5.92 Å². The van der Waals surface area contributed by atoms with Crippen molar-refractivity contribution in [3.8, 4) is 5.88 Å². The van der Waals surface area contributed by atoms with Crippen molar-refractivity contribution in [3.63, 3.8) is 0 Å². The summed E-state index contributed by atoms with van der Waals surface area (Å²) in [6.45, 7) is 6.64. The third kappa shape index (κ3) is 3.74. The standard InChI is InChI=1S/C11H20N4O2/c1-4-17-11-9(12)10(14-6-15-11)13-5-8(16)7(2)3/h6-8,16H,4-5,12H2,1-3H3,(H,13,14,15). The van der Waals surface area contributed by atoms with Crippen LogP contribution in [0.3, 0.4) is 0 Å². The molecule has 4 N–H and O–H groups in total. The lowest BCUT2D eigenvalue weighted by molar-refractivity contribution is 0.138. The number of ether oxygens (including phenoxy) is 1. The topological polar surface area (TPSA) is 93.3 Å². The summed E-state index contributed by atoms with van der Waals surface area (Å²) in [5, 5.41) is 12.7. The number of aliphatic hydroxyl groups is 1. The number of nitrogens with zero attached hydrogens (tertiary/aromatic N) is 2. The molecule has 6 heteroatoms. The van der Waals surface area contributed by atoms with E-state index in [1.807, 2.05) is 20.8 Å². The van der Waals surface area contributed by atoms with Gasteiger partial charge in [0, 0.05) is 6.54 Å². The van der Waals surface area contributed by atoms with Crippen LogP contribution in [0.4, 0.5) is 11.5 Å². The molecule has 1 unspecified atom stereocenters. The molecule has 0 aliphatic rings. The molecule has 0 aromatic carbocycles. The van der Waals surface area contributed by atoms with Gasteiger partial charge in [-0.05, 0) is 12.8 Å². The van der Waals surface area contributed by atoms with Crippen LogP contribution in [0.2, 0.25) is 0 Å². The van der Waals surface area contributed by atoms with Crippen LogP contribution < -0.4 is 15.8 Å². The lowest BCUT2D eigenvalue weighted by Crippen LogP contribution is -2.25. The van der Waals surface area contributed by atoms with E-state index >= 15 is 0 Å². The van der Waals surface area contributed by atoms with E-state index < -0.39 is 6.10 Å². The van der Waals surface area contributed by atoms with Crippen molar-refractivity contribution in [3.05, 3.63) is 6.33 Å². The average Bonchev–Trinajstić information content (AvgIpc) is 2.30. The monoisotopic (exact) mass is 240 g/mol. The summed E-state index contributed by atoms with van der Waals surface area (Å²) in [6.07, 6.45) is 0.936. The lowest BCUT2D eigenvalue weighted by atomic mass is 10.1. The van der Waals surface area contributed by atoms with E-state index in [1.54, 1.807) is 0 Å². The summed E-state index contributed by atoms with van der Waals surface area (Å²) >= 11 is 0. The number of aromatic nitrogens is 2. The molecule has 0 radical (unpaired) electrons. The zero-order chi connectivity index (χ0) is 12.8. The maximum atomic E-state index is 9.67. The van der Waals surface area contributed by atoms with Gasteiger partial charge in [-0.15, -0.1) is 0 Å². The van der Waals surface area contributed by atoms with Gasteiger partial charge in [0.15, 0.2) is 5.82 Å². The average molecular weight is 240 g/mol. The van der Waals surface area contributed by atoms with Crippen molar-refractivity contribution in [2.45, 2.75) is 26.9 Å². The van der Waals surface area contributed by atoms with Crippen LogP contribution >= 0.6 is 0 Å². The van der Waals surface area contributed by atoms with E-state index in [9.17, 15) is 5.11 Å². The number of nitrogens with one attached hydrogen (secondary N) is 1. The number of anilines is 2. The highest BCUT2D eigenvalue weighted by atomic mass is 16.5. The Hall–Kier alpha value is -1.56. The minimum Gasteiger partial charge on any atom is -0.476 e. The van der Waals surface area contributed by atoms with E-state index in [2.05, 4.69) is 15.3 Å². The van der Waals surface area contributed by atoms with Crippen LogP contribution in [-0.2, 0) is 0 Å². The summed E-state index contributed by atoms with van der Waals surface area (Å²) in [7, 11) is 0. The predicted octanol–water partition coefficient (Wildman–Crippen LogP) is 0.886. The van der Waals surface area contributed by atoms with Gasteiger partial charge in [0.05, 0.1) is 12.7 Å². The maximum absolute atomic E-state index is 9.67. The second-order valence-corrected chi connectivity index (χ2v) is 4.07. The zero-order valence-electron chi connectivity index (χ0n) is 10.5. The molecule has 1 heterocycles. The molecule has 1 atom stereocenters. The van der Waals surface area contributed by atoms with Crippen molar-refractivity contribution in [1.82, 2.24) is 9.97 Å². The first-order chi connectivity index (χ1) is 8.06. The van der Waals surface area contributed by atoms with Gasteiger partial charge in [0.25, 0.3) is 0 Å². The smallest absolute Gasteiger partial charge is 0.242 e. The molecule has 0 amide bonds. The quantitative estimate of drug-likeness (QED) is 0.683. The Labute approximate surface area is 101 Å². The molecule has 0 aliphatic heterocycles. The molecule has 96 valence electrons. The third-order valence-corrected chi connectivity index (χ3v) is 2.38. The number of rotatable bonds is 6. The largest absolute Gasteiger partial charge is 0.476 e. The fraction of sp³-hybridized carbons (Fsp3) is 0.636. The molecule has 0 fully saturated rings. The van der Waals surface area contributed by atoms with E-state index in [0.717, 1.165) is 0 Å². The predicted molar refractivity (Wildman–Crippen MR) is 66.9 cm³/mol. The Morgan fingerprint density at radius 3 is 2.76 bits per heavy atom. The molecular formula is C11H20N4O2. The fourth-order valence-corrected chi connectivity index (χ4v) is 1.21. The SMILES string of the molecule is CCOc1ncnc(NCC(O)C(C)C)c1N. The summed E-state index contributed by atoms with van der Waals surface area (Å²) in [6, 6.07) is 0. The first-order valence-electron chi connectivity index (χ1n) is 5.71. The van der Waals surface area contributed by atoms with Crippen LogP contribution in [0.5, 0.6) is 5.88 Å². The number of nitrogens with two attached hydrogens (primary N) is 1. The summed E-state index contributed by atoms with van der Waals surface area (Å²) in [5.74, 6) is 1.03. The normalized spacial score (nSPS) is 12.5. The molecule has 1 aromatic heterocycles. The van der Waals surface area contributed by atoms with Gasteiger partial charge in [-0.25, -0.2) is 4.98 Å². The minimum atomic E-state index is -0.445. The number of hydrogen-bond acceptors (Lipinski definition) is 6. The molecule has 0 saturated heterocycles. The molecular weight excluding hydrogens is 220 g/mol. The first-order valence-corrected chi connectivity index (χ1v) is 5.71. The lowest BCUT2D eigenvalue weighted by Gasteiger charge is -2.16. The Balaban J connectivity index is 2.68. The zero-order valence-corrected chi connectivity index (χ0v) is 10.5. The summed E-state index contributed by atoms with van der Waals surface area (Å²) in [4.78, 5) is 7.94. The molecule has 1 aromatic rings. The van der Waals surface area contributed by atoms with Gasteiger partial charge in [-0.1, -0.05) is 13.8 Å². The molecule has 0 spiro atoms. The Morgan fingerprint density at radius 2 is 2.18 bits per heavy atom. The molecule has 1 rings (SSSR count). The van der Waals surface area contributed by atoms with E-state index in [4.69, 9.17) is 10.5 Å². The van der Waals surface area contributed by atoms with Gasteiger partial charge in [0.1, 0.15) is 12.0 Å². The number of nitrogen functional groups attached to an aromatic ring is 1. The van der Waals surface area contributed by atoms with Crippen LogP contribution in [0.15, 0.2) is 6.33 Å². The molecule has 17 heavy (non-hydrogen) atoms. The van der Waals surface area contributed by atoms with Gasteiger partial charge in [-0.2, -0.15) is 4.98 Å². The maximum Gasteiger partial charge on any atom is 0.242 e. The second-order valence-electron chi connectivity index (χ2n) is 4.07. The number of hydrogen-bond donors (Lipinski definition) is 3. The van der Waals surface area contributed by atoms with Crippen LogP contribution in [0.25, 0.3) is 0 Å². The highest BCUT2D eigenvalue weighted by Gasteiger charge is 2.12.